The molecule has 0 N–H and O–H groups in total. The highest BCUT2D eigenvalue weighted by atomic mass is 16.7. The Morgan fingerprint density at radius 3 is 2.32 bits per heavy atom. The average Bonchev–Trinajstić information content (AvgIpc) is 3.44. The lowest BCUT2D eigenvalue weighted by Gasteiger charge is -2.29. The molecular formula is C29H30N2O6. The van der Waals surface area contributed by atoms with Gasteiger partial charge in [0.05, 0.1) is 37.7 Å². The van der Waals surface area contributed by atoms with Crippen LogP contribution in [-0.4, -0.2) is 38.2 Å². The van der Waals surface area contributed by atoms with Crippen LogP contribution in [0, 0.1) is 5.92 Å². The van der Waals surface area contributed by atoms with Crippen LogP contribution in [0.3, 0.4) is 0 Å². The lowest BCUT2D eigenvalue weighted by molar-refractivity contribution is -0.126. The number of nitrogens with zero attached hydrogens (tertiary/aromatic N) is 2. The molecule has 8 nitrogen and oxygen atoms in total. The molecule has 2 aliphatic heterocycles. The normalized spacial score (nSPS) is 20.8. The quantitative estimate of drug-likeness (QED) is 0.384. The first-order chi connectivity index (χ1) is 18.1. The number of amides is 2. The third-order valence-electron chi connectivity index (χ3n) is 6.52. The Morgan fingerprint density at radius 1 is 0.838 bits per heavy atom. The highest BCUT2D eigenvalue weighted by Gasteiger charge is 2.60. The number of hydroxylamine groups is 1. The van der Waals surface area contributed by atoms with Gasteiger partial charge in [-0.05, 0) is 55.3 Å². The number of hydrogen-bond acceptors (Lipinski definition) is 7. The van der Waals surface area contributed by atoms with Gasteiger partial charge in [-0.3, -0.25) is 14.4 Å². The maximum absolute atomic E-state index is 13.9. The predicted octanol–water partition coefficient (Wildman–Crippen LogP) is 4.93. The minimum Gasteiger partial charge on any atom is -0.495 e. The van der Waals surface area contributed by atoms with Crippen LogP contribution in [0.25, 0.3) is 0 Å². The zero-order chi connectivity index (χ0) is 25.9. The van der Waals surface area contributed by atoms with Crippen molar-refractivity contribution in [1.82, 2.24) is 0 Å². The van der Waals surface area contributed by atoms with Gasteiger partial charge in [0.15, 0.2) is 17.6 Å². The molecule has 3 atom stereocenters. The molecule has 192 valence electrons. The minimum absolute atomic E-state index is 0.341. The van der Waals surface area contributed by atoms with E-state index in [2.05, 4.69) is 0 Å². The van der Waals surface area contributed by atoms with Gasteiger partial charge >= 0.3 is 0 Å². The molecule has 0 bridgehead atoms. The number of fused-ring (bicyclic) bond motifs is 1. The van der Waals surface area contributed by atoms with Gasteiger partial charge in [-0.1, -0.05) is 43.3 Å². The average molecular weight is 503 g/mol. The van der Waals surface area contributed by atoms with Crippen molar-refractivity contribution in [2.45, 2.75) is 32.4 Å². The van der Waals surface area contributed by atoms with Crippen LogP contribution in [0.2, 0.25) is 0 Å². The van der Waals surface area contributed by atoms with Gasteiger partial charge < -0.3 is 14.2 Å². The molecule has 2 amide bonds. The van der Waals surface area contributed by atoms with Gasteiger partial charge in [-0.15, -0.1) is 0 Å². The van der Waals surface area contributed by atoms with Gasteiger partial charge in [0.1, 0.15) is 11.7 Å². The SMILES string of the molecule is CCCOc1ccc([C@H]2[C@H]3C(=O)N(c4ccccc4OC)C(=O)[C@H]3ON2c2ccccc2)cc1OCC. The summed E-state index contributed by atoms with van der Waals surface area (Å²) >= 11 is 0. The summed E-state index contributed by atoms with van der Waals surface area (Å²) in [6, 6.07) is 21.5. The smallest absolute Gasteiger partial charge is 0.266 e. The fourth-order valence-electron chi connectivity index (χ4n) is 4.91. The summed E-state index contributed by atoms with van der Waals surface area (Å²) in [5, 5.41) is 1.67. The van der Waals surface area contributed by atoms with E-state index in [-0.39, 0.29) is 5.91 Å². The number of methoxy groups -OCH3 is 1. The molecular weight excluding hydrogens is 472 g/mol. The number of imide groups is 1. The first kappa shape index (κ1) is 24.6. The van der Waals surface area contributed by atoms with Crippen molar-refractivity contribution in [1.29, 1.82) is 0 Å². The Balaban J connectivity index is 1.59. The summed E-state index contributed by atoms with van der Waals surface area (Å²) in [5.74, 6) is 0.135. The first-order valence-electron chi connectivity index (χ1n) is 12.5. The monoisotopic (exact) mass is 502 g/mol. The highest BCUT2D eigenvalue weighted by Crippen LogP contribution is 2.49. The Kier molecular flexibility index (Phi) is 7.01. The maximum atomic E-state index is 13.9. The Morgan fingerprint density at radius 2 is 1.59 bits per heavy atom. The van der Waals surface area contributed by atoms with Gasteiger partial charge in [-0.25, -0.2) is 9.96 Å². The number of anilines is 2. The predicted molar refractivity (Wildman–Crippen MR) is 139 cm³/mol. The van der Waals surface area contributed by atoms with Crippen molar-refractivity contribution < 1.29 is 28.6 Å². The number of carbonyl (C=O) groups excluding carboxylic acids is 2. The molecule has 2 aliphatic rings. The molecule has 8 heteroatoms. The van der Waals surface area contributed by atoms with Crippen LogP contribution in [0.4, 0.5) is 11.4 Å². The second-order valence-corrected chi connectivity index (χ2v) is 8.83. The van der Waals surface area contributed by atoms with Crippen molar-refractivity contribution in [3.63, 3.8) is 0 Å². The van der Waals surface area contributed by atoms with E-state index >= 15 is 0 Å². The van der Waals surface area contributed by atoms with Crippen molar-refractivity contribution in [2.75, 3.05) is 30.3 Å². The topological polar surface area (TPSA) is 77.5 Å². The van der Waals surface area contributed by atoms with Crippen LogP contribution in [0.5, 0.6) is 17.2 Å². The van der Waals surface area contributed by atoms with E-state index in [4.69, 9.17) is 19.0 Å². The maximum Gasteiger partial charge on any atom is 0.266 e. The van der Waals surface area contributed by atoms with Gasteiger partial charge in [0, 0.05) is 0 Å². The number of benzene rings is 3. The Hall–Kier alpha value is -4.04. The lowest BCUT2D eigenvalue weighted by atomic mass is 9.90. The van der Waals surface area contributed by atoms with Crippen molar-refractivity contribution in [2.24, 2.45) is 5.92 Å². The van der Waals surface area contributed by atoms with Crippen LogP contribution < -0.4 is 24.2 Å². The van der Waals surface area contributed by atoms with Crippen molar-refractivity contribution in [3.05, 3.63) is 78.4 Å². The Labute approximate surface area is 216 Å². The summed E-state index contributed by atoms with van der Waals surface area (Å²) in [6.07, 6.45) is -0.112. The molecule has 2 saturated heterocycles. The van der Waals surface area contributed by atoms with E-state index in [1.807, 2.05) is 62.4 Å². The summed E-state index contributed by atoms with van der Waals surface area (Å²) in [4.78, 5) is 35.0. The molecule has 0 radical (unpaired) electrons. The third kappa shape index (κ3) is 4.38. The molecule has 0 aromatic heterocycles. The molecule has 2 fully saturated rings. The second kappa shape index (κ2) is 10.5. The molecule has 2 heterocycles. The van der Waals surface area contributed by atoms with Gasteiger partial charge in [-0.2, -0.15) is 0 Å². The summed E-state index contributed by atoms with van der Waals surface area (Å²) in [6.45, 7) is 4.97. The van der Waals surface area contributed by atoms with Gasteiger partial charge in [0.2, 0.25) is 5.91 Å². The van der Waals surface area contributed by atoms with Crippen LogP contribution in [0.1, 0.15) is 31.9 Å². The number of rotatable bonds is 9. The van der Waals surface area contributed by atoms with E-state index < -0.39 is 24.0 Å². The fraction of sp³-hybridized carbons (Fsp3) is 0.310. The number of hydrogen-bond donors (Lipinski definition) is 0. The summed E-state index contributed by atoms with van der Waals surface area (Å²) in [7, 11) is 1.51. The van der Waals surface area contributed by atoms with Crippen molar-refractivity contribution in [3.8, 4) is 17.2 Å². The van der Waals surface area contributed by atoms with Crippen molar-refractivity contribution >= 4 is 23.2 Å². The molecule has 37 heavy (non-hydrogen) atoms. The third-order valence-corrected chi connectivity index (χ3v) is 6.52. The molecule has 3 aromatic carbocycles. The zero-order valence-corrected chi connectivity index (χ0v) is 21.1. The van der Waals surface area contributed by atoms with E-state index in [0.29, 0.717) is 36.1 Å². The largest absolute Gasteiger partial charge is 0.495 e. The van der Waals surface area contributed by atoms with Crippen LogP contribution in [-0.2, 0) is 14.4 Å². The van der Waals surface area contributed by atoms with Crippen LogP contribution in [0.15, 0.2) is 72.8 Å². The number of para-hydroxylation sites is 3. The molecule has 0 unspecified atom stereocenters. The van der Waals surface area contributed by atoms with Crippen LogP contribution >= 0.6 is 0 Å². The molecule has 3 aromatic rings. The molecule has 0 aliphatic carbocycles. The lowest BCUT2D eigenvalue weighted by Crippen LogP contribution is -2.37. The number of carbonyl (C=O) groups is 2. The molecule has 5 rings (SSSR count). The first-order valence-corrected chi connectivity index (χ1v) is 12.5. The van der Waals surface area contributed by atoms with E-state index in [9.17, 15) is 9.59 Å². The Bertz CT molecular complexity index is 1280. The minimum atomic E-state index is -0.978. The van der Waals surface area contributed by atoms with E-state index in [0.717, 1.165) is 17.7 Å². The fourth-order valence-corrected chi connectivity index (χ4v) is 4.91. The summed E-state index contributed by atoms with van der Waals surface area (Å²) in [5.41, 5.74) is 1.93. The second-order valence-electron chi connectivity index (χ2n) is 8.83. The molecule has 0 spiro atoms. The number of ether oxygens (including phenoxy) is 3. The highest BCUT2D eigenvalue weighted by molar-refractivity contribution is 6.24. The zero-order valence-electron chi connectivity index (χ0n) is 21.1. The van der Waals surface area contributed by atoms with E-state index in [1.165, 1.54) is 12.0 Å². The standard InChI is InChI=1S/C29H30N2O6/c1-4-17-36-23-16-15-19(18-24(23)35-5-2)26-25-27(37-31(26)20-11-7-6-8-12-20)29(33)30(28(25)32)21-13-9-10-14-22(21)34-3/h6-16,18,25-27H,4-5,17H2,1-3H3/t25-,26+,27+/m1/s1. The van der Waals surface area contributed by atoms with Gasteiger partial charge in [0.25, 0.3) is 5.91 Å². The summed E-state index contributed by atoms with van der Waals surface area (Å²) < 4.78 is 17.2. The molecule has 0 saturated carbocycles. The van der Waals surface area contributed by atoms with E-state index in [1.54, 1.807) is 29.3 Å².